The minimum absolute atomic E-state index is 0.0374. The maximum Gasteiger partial charge on any atom is 0.154 e. The van der Waals surface area contributed by atoms with Crippen molar-refractivity contribution in [1.82, 2.24) is 5.32 Å². The van der Waals surface area contributed by atoms with Gasteiger partial charge in [-0.25, -0.2) is 8.42 Å². The maximum atomic E-state index is 11.2. The van der Waals surface area contributed by atoms with E-state index in [9.17, 15) is 13.5 Å². The lowest BCUT2D eigenvalue weighted by molar-refractivity contribution is 0.160. The quantitative estimate of drug-likeness (QED) is 0.637. The second-order valence-corrected chi connectivity index (χ2v) is 6.00. The lowest BCUT2D eigenvalue weighted by atomic mass is 10.1. The van der Waals surface area contributed by atoms with Crippen molar-refractivity contribution in [3.05, 3.63) is 12.7 Å². The number of sulfone groups is 1. The van der Waals surface area contributed by atoms with E-state index in [1.807, 2.05) is 6.92 Å². The molecule has 0 saturated carbocycles. The largest absolute Gasteiger partial charge is 0.390 e. The first-order chi connectivity index (χ1) is 6.44. The van der Waals surface area contributed by atoms with E-state index in [0.29, 0.717) is 0 Å². The first-order valence-electron chi connectivity index (χ1n) is 4.70. The zero-order valence-electron chi connectivity index (χ0n) is 8.31. The Morgan fingerprint density at radius 2 is 2.29 bits per heavy atom. The minimum atomic E-state index is -3.04. The summed E-state index contributed by atoms with van der Waals surface area (Å²) in [4.78, 5) is 0. The molecule has 1 saturated heterocycles. The van der Waals surface area contributed by atoms with Gasteiger partial charge in [-0.3, -0.25) is 0 Å². The van der Waals surface area contributed by atoms with Gasteiger partial charge in [0.25, 0.3) is 0 Å². The van der Waals surface area contributed by atoms with Crippen molar-refractivity contribution in [2.75, 3.05) is 11.5 Å². The van der Waals surface area contributed by atoms with E-state index in [2.05, 4.69) is 11.9 Å². The Labute approximate surface area is 84.9 Å². The van der Waals surface area contributed by atoms with E-state index in [1.165, 1.54) is 0 Å². The lowest BCUT2D eigenvalue weighted by Crippen LogP contribution is -2.43. The topological polar surface area (TPSA) is 66.4 Å². The van der Waals surface area contributed by atoms with Gasteiger partial charge in [0.15, 0.2) is 9.84 Å². The number of aliphatic hydroxyl groups excluding tert-OH is 1. The van der Waals surface area contributed by atoms with Gasteiger partial charge in [0.05, 0.1) is 17.6 Å². The predicted molar refractivity (Wildman–Crippen MR) is 55.9 cm³/mol. The molecule has 1 aliphatic heterocycles. The summed E-state index contributed by atoms with van der Waals surface area (Å²) in [5, 5.41) is 12.6. The summed E-state index contributed by atoms with van der Waals surface area (Å²) in [5.41, 5.74) is 0. The fourth-order valence-corrected chi connectivity index (χ4v) is 3.43. The van der Waals surface area contributed by atoms with Crippen molar-refractivity contribution in [1.29, 1.82) is 0 Å². The van der Waals surface area contributed by atoms with Gasteiger partial charge in [-0.05, 0) is 13.3 Å². The summed E-state index contributed by atoms with van der Waals surface area (Å²) < 4.78 is 22.3. The van der Waals surface area contributed by atoms with E-state index < -0.39 is 15.9 Å². The maximum absolute atomic E-state index is 11.2. The molecule has 2 N–H and O–H groups in total. The molecular weight excluding hydrogens is 202 g/mol. The van der Waals surface area contributed by atoms with E-state index in [0.717, 1.165) is 6.42 Å². The Bertz CT molecular complexity index is 299. The molecule has 0 spiro atoms. The summed E-state index contributed by atoms with van der Waals surface area (Å²) in [6, 6.07) is -0.171. The molecule has 1 aliphatic rings. The fraction of sp³-hybridized carbons (Fsp3) is 0.778. The molecule has 1 rings (SSSR count). The average molecular weight is 219 g/mol. The Balaban J connectivity index is 2.50. The number of nitrogens with one attached hydrogen (secondary N) is 1. The first kappa shape index (κ1) is 11.7. The standard InChI is InChI=1S/C9H17NO3S/c1-3-4-7(2)10-8-5-14(12,13)6-9(8)11/h3,7-11H,1,4-6H2,2H3. The van der Waals surface area contributed by atoms with Crippen molar-refractivity contribution in [3.8, 4) is 0 Å². The Hall–Kier alpha value is -0.390. The number of hydrogen-bond acceptors (Lipinski definition) is 4. The Morgan fingerprint density at radius 3 is 2.71 bits per heavy atom. The van der Waals surface area contributed by atoms with Crippen LogP contribution in [0.2, 0.25) is 0 Å². The summed E-state index contributed by atoms with van der Waals surface area (Å²) >= 11 is 0. The SMILES string of the molecule is C=CCC(C)NC1CS(=O)(=O)CC1O. The van der Waals surface area contributed by atoms with Crippen LogP contribution in [0.15, 0.2) is 12.7 Å². The van der Waals surface area contributed by atoms with Crippen molar-refractivity contribution in [2.24, 2.45) is 0 Å². The van der Waals surface area contributed by atoms with Gasteiger partial charge < -0.3 is 10.4 Å². The smallest absolute Gasteiger partial charge is 0.154 e. The molecule has 4 nitrogen and oxygen atoms in total. The zero-order valence-corrected chi connectivity index (χ0v) is 9.13. The van der Waals surface area contributed by atoms with Gasteiger partial charge >= 0.3 is 0 Å². The fourth-order valence-electron chi connectivity index (χ4n) is 1.67. The van der Waals surface area contributed by atoms with Crippen LogP contribution in [0.25, 0.3) is 0 Å². The van der Waals surface area contributed by atoms with Crippen LogP contribution in [-0.4, -0.2) is 43.2 Å². The van der Waals surface area contributed by atoms with Crippen LogP contribution in [0.5, 0.6) is 0 Å². The molecule has 0 aromatic carbocycles. The van der Waals surface area contributed by atoms with Crippen LogP contribution < -0.4 is 5.32 Å². The Morgan fingerprint density at radius 1 is 1.64 bits per heavy atom. The molecule has 3 atom stereocenters. The van der Waals surface area contributed by atoms with Crippen molar-refractivity contribution in [2.45, 2.75) is 31.5 Å². The van der Waals surface area contributed by atoms with Crippen LogP contribution >= 0.6 is 0 Å². The summed E-state index contributed by atoms with van der Waals surface area (Å²) in [7, 11) is -3.04. The van der Waals surface area contributed by atoms with Gasteiger partial charge in [0, 0.05) is 12.1 Å². The highest BCUT2D eigenvalue weighted by Crippen LogP contribution is 2.13. The third kappa shape index (κ3) is 3.08. The molecule has 0 radical (unpaired) electrons. The van der Waals surface area contributed by atoms with Crippen molar-refractivity contribution >= 4 is 9.84 Å². The molecule has 0 aromatic heterocycles. The second kappa shape index (κ2) is 4.42. The molecule has 1 heterocycles. The number of aliphatic hydroxyl groups is 1. The highest BCUT2D eigenvalue weighted by Gasteiger charge is 2.36. The van der Waals surface area contributed by atoms with Crippen molar-refractivity contribution in [3.63, 3.8) is 0 Å². The van der Waals surface area contributed by atoms with Gasteiger partial charge in [-0.2, -0.15) is 0 Å². The van der Waals surface area contributed by atoms with Crippen LogP contribution in [0.3, 0.4) is 0 Å². The molecule has 14 heavy (non-hydrogen) atoms. The van der Waals surface area contributed by atoms with Crippen LogP contribution in [-0.2, 0) is 9.84 Å². The van der Waals surface area contributed by atoms with E-state index in [1.54, 1.807) is 6.08 Å². The molecule has 82 valence electrons. The van der Waals surface area contributed by atoms with Crippen molar-refractivity contribution < 1.29 is 13.5 Å². The molecule has 0 aliphatic carbocycles. The normalized spacial score (nSPS) is 32.7. The summed E-state index contributed by atoms with van der Waals surface area (Å²) in [6.45, 7) is 5.55. The first-order valence-corrected chi connectivity index (χ1v) is 6.52. The van der Waals surface area contributed by atoms with Gasteiger partial charge in [-0.1, -0.05) is 6.08 Å². The molecule has 5 heteroatoms. The predicted octanol–water partition coefficient (Wildman–Crippen LogP) is -0.302. The molecular formula is C9H17NO3S. The lowest BCUT2D eigenvalue weighted by Gasteiger charge is -2.19. The van der Waals surface area contributed by atoms with Gasteiger partial charge in [-0.15, -0.1) is 6.58 Å². The summed E-state index contributed by atoms with van der Waals surface area (Å²) in [5.74, 6) is -0.0822. The monoisotopic (exact) mass is 219 g/mol. The second-order valence-electron chi connectivity index (χ2n) is 3.84. The molecule has 0 aromatic rings. The number of hydrogen-bond donors (Lipinski definition) is 2. The van der Waals surface area contributed by atoms with Crippen LogP contribution in [0.4, 0.5) is 0 Å². The third-order valence-corrected chi connectivity index (χ3v) is 4.06. The van der Waals surface area contributed by atoms with Gasteiger partial charge in [0.2, 0.25) is 0 Å². The Kier molecular flexibility index (Phi) is 3.69. The van der Waals surface area contributed by atoms with E-state index in [4.69, 9.17) is 0 Å². The van der Waals surface area contributed by atoms with Gasteiger partial charge in [0.1, 0.15) is 0 Å². The number of rotatable bonds is 4. The van der Waals surface area contributed by atoms with Crippen LogP contribution in [0, 0.1) is 0 Å². The third-order valence-electron chi connectivity index (χ3n) is 2.34. The molecule has 3 unspecified atom stereocenters. The van der Waals surface area contributed by atoms with E-state index >= 15 is 0 Å². The highest BCUT2D eigenvalue weighted by atomic mass is 32.2. The minimum Gasteiger partial charge on any atom is -0.390 e. The molecule has 0 bridgehead atoms. The zero-order chi connectivity index (χ0) is 10.8. The molecule has 0 amide bonds. The van der Waals surface area contributed by atoms with E-state index in [-0.39, 0.29) is 23.6 Å². The average Bonchev–Trinajstić information content (AvgIpc) is 2.25. The molecule has 1 fully saturated rings. The van der Waals surface area contributed by atoms with Crippen LogP contribution in [0.1, 0.15) is 13.3 Å². The summed E-state index contributed by atoms with van der Waals surface area (Å²) in [6.07, 6.45) is 1.77. The highest BCUT2D eigenvalue weighted by molar-refractivity contribution is 7.91.